The van der Waals surface area contributed by atoms with Crippen LogP contribution in [0.2, 0.25) is 0 Å². The van der Waals surface area contributed by atoms with Gasteiger partial charge in [0, 0.05) is 11.1 Å². The first-order chi connectivity index (χ1) is 23.0. The molecule has 0 aliphatic heterocycles. The van der Waals surface area contributed by atoms with Crippen LogP contribution in [-0.4, -0.2) is 13.2 Å². The zero-order valence-corrected chi connectivity index (χ0v) is 28.7. The van der Waals surface area contributed by atoms with Crippen LogP contribution in [0.3, 0.4) is 0 Å². The summed E-state index contributed by atoms with van der Waals surface area (Å²) < 4.78 is 36.8. The molecule has 4 rings (SSSR count). The first-order valence-electron chi connectivity index (χ1n) is 18.3. The van der Waals surface area contributed by atoms with Crippen molar-refractivity contribution in [3.8, 4) is 12.1 Å². The zero-order chi connectivity index (χ0) is 33.4. The highest BCUT2D eigenvalue weighted by atomic mass is 19.1. The monoisotopic (exact) mass is 640 g/mol. The molecule has 0 spiro atoms. The Balaban J connectivity index is 1.47. The highest BCUT2D eigenvalue weighted by molar-refractivity contribution is 5.70. The Morgan fingerprint density at radius 3 is 1.40 bits per heavy atom. The first kappa shape index (κ1) is 36.6. The van der Waals surface area contributed by atoms with Gasteiger partial charge < -0.3 is 4.74 Å². The van der Waals surface area contributed by atoms with E-state index in [1.54, 1.807) is 24.3 Å². The van der Waals surface area contributed by atoms with E-state index in [2.05, 4.69) is 13.8 Å². The lowest BCUT2D eigenvalue weighted by Gasteiger charge is -2.31. The van der Waals surface area contributed by atoms with Crippen LogP contribution in [0.1, 0.15) is 139 Å². The first-order valence-corrected chi connectivity index (χ1v) is 18.3. The number of nitriles is 2. The predicted octanol–water partition coefficient (Wildman–Crippen LogP) is 12.0. The molecule has 0 heterocycles. The van der Waals surface area contributed by atoms with Crippen molar-refractivity contribution in [3.63, 3.8) is 0 Å². The van der Waals surface area contributed by atoms with Gasteiger partial charge in [0.2, 0.25) is 0 Å². The minimum atomic E-state index is -0.357. The quantitative estimate of drug-likeness (QED) is 0.172. The van der Waals surface area contributed by atoms with Crippen molar-refractivity contribution < 1.29 is 13.5 Å². The van der Waals surface area contributed by atoms with Gasteiger partial charge in [-0.3, -0.25) is 0 Å². The maximum atomic E-state index is 15.3. The van der Waals surface area contributed by atoms with Crippen molar-refractivity contribution in [1.82, 2.24) is 0 Å². The smallest absolute Gasteiger partial charge is 0.132 e. The number of allylic oxidation sites excluding steroid dienone is 2. The van der Waals surface area contributed by atoms with Gasteiger partial charge >= 0.3 is 0 Å². The Kier molecular flexibility index (Phi) is 15.2. The molecule has 2 aromatic rings. The minimum Gasteiger partial charge on any atom is -0.373 e. The number of unbranched alkanes of at least 4 members (excludes halogenated alkanes) is 4. The van der Waals surface area contributed by atoms with Crippen LogP contribution < -0.4 is 0 Å². The average molecular weight is 641 g/mol. The van der Waals surface area contributed by atoms with Crippen molar-refractivity contribution in [2.75, 3.05) is 13.2 Å². The maximum absolute atomic E-state index is 15.3. The number of halogens is 2. The van der Waals surface area contributed by atoms with Gasteiger partial charge in [0.05, 0.1) is 36.5 Å². The molecule has 252 valence electrons. The van der Waals surface area contributed by atoms with E-state index >= 15 is 8.78 Å². The Morgan fingerprint density at radius 1 is 0.660 bits per heavy atom. The van der Waals surface area contributed by atoms with Gasteiger partial charge in [-0.15, -0.1) is 0 Å². The summed E-state index contributed by atoms with van der Waals surface area (Å²) in [6.45, 7) is 5.14. The molecule has 47 heavy (non-hydrogen) atoms. The SMILES string of the molecule is CCCCCC1CCC(C(=CCOCC=C(c2ccc(C#N)cc2F)C2CCC(CCCCC)CC2)c2ccc(C#N)cc2F)CC1. The third-order valence-corrected chi connectivity index (χ3v) is 10.7. The predicted molar refractivity (Wildman–Crippen MR) is 188 cm³/mol. The summed E-state index contributed by atoms with van der Waals surface area (Å²) in [6, 6.07) is 13.6. The van der Waals surface area contributed by atoms with Gasteiger partial charge in [0.15, 0.2) is 0 Å². The van der Waals surface area contributed by atoms with Gasteiger partial charge in [-0.2, -0.15) is 10.5 Å². The molecule has 2 saturated carbocycles. The fourth-order valence-electron chi connectivity index (χ4n) is 7.89. The van der Waals surface area contributed by atoms with Gasteiger partial charge in [0.25, 0.3) is 0 Å². The number of rotatable bonds is 16. The standard InChI is InChI=1S/C42H54F2N2O/c1-3-5-7-9-31-11-17-35(18-12-31)37(39-21-15-33(29-45)27-41(39)43)23-25-47-26-24-38(40-22-16-34(30-46)28-42(40)44)36-19-13-32(14-20-36)10-8-6-4-2/h15-16,21-24,27-28,31-32,35-36H,3-14,17-20,25-26H2,1-2H3. The van der Waals surface area contributed by atoms with Crippen molar-refractivity contribution in [2.45, 2.75) is 117 Å². The van der Waals surface area contributed by atoms with Gasteiger partial charge in [-0.1, -0.05) is 89.5 Å². The van der Waals surface area contributed by atoms with Crippen molar-refractivity contribution in [2.24, 2.45) is 23.7 Å². The minimum absolute atomic E-state index is 0.259. The summed E-state index contributed by atoms with van der Waals surface area (Å²) in [5, 5.41) is 18.6. The second kappa shape index (κ2) is 19.5. The summed E-state index contributed by atoms with van der Waals surface area (Å²) in [4.78, 5) is 0. The van der Waals surface area contributed by atoms with Gasteiger partial charge in [-0.25, -0.2) is 8.78 Å². The van der Waals surface area contributed by atoms with E-state index < -0.39 is 0 Å². The molecule has 0 atom stereocenters. The van der Waals surface area contributed by atoms with Crippen LogP contribution in [-0.2, 0) is 4.74 Å². The number of hydrogen-bond acceptors (Lipinski definition) is 3. The second-order valence-electron chi connectivity index (χ2n) is 13.9. The number of benzene rings is 2. The van der Waals surface area contributed by atoms with Crippen LogP contribution in [0.15, 0.2) is 48.6 Å². The lowest BCUT2D eigenvalue weighted by atomic mass is 9.75. The molecule has 5 heteroatoms. The molecule has 0 bridgehead atoms. The third kappa shape index (κ3) is 10.9. The number of hydrogen-bond donors (Lipinski definition) is 0. The van der Waals surface area contributed by atoms with Crippen molar-refractivity contribution >= 4 is 11.1 Å². The Bertz CT molecular complexity index is 1310. The lowest BCUT2D eigenvalue weighted by molar-refractivity contribution is 0.193. The topological polar surface area (TPSA) is 56.8 Å². The lowest BCUT2D eigenvalue weighted by Crippen LogP contribution is -2.17. The highest BCUT2D eigenvalue weighted by Crippen LogP contribution is 2.41. The fraction of sp³-hybridized carbons (Fsp3) is 0.571. The molecule has 0 saturated heterocycles. The molecule has 2 fully saturated rings. The summed E-state index contributed by atoms with van der Waals surface area (Å²) in [5.41, 5.74) is 3.72. The summed E-state index contributed by atoms with van der Waals surface area (Å²) >= 11 is 0. The van der Waals surface area contributed by atoms with Crippen molar-refractivity contribution in [1.29, 1.82) is 10.5 Å². The molecule has 2 aromatic carbocycles. The molecule has 2 aliphatic carbocycles. The van der Waals surface area contributed by atoms with E-state index in [4.69, 9.17) is 4.74 Å². The molecule has 0 unspecified atom stereocenters. The molecular formula is C42H54F2N2O. The van der Waals surface area contributed by atoms with E-state index in [9.17, 15) is 10.5 Å². The highest BCUT2D eigenvalue weighted by Gasteiger charge is 2.27. The summed E-state index contributed by atoms with van der Waals surface area (Å²) in [7, 11) is 0. The molecule has 0 amide bonds. The van der Waals surface area contributed by atoms with E-state index in [1.165, 1.54) is 63.5 Å². The van der Waals surface area contributed by atoms with Crippen LogP contribution in [0.25, 0.3) is 11.1 Å². The molecule has 0 aromatic heterocycles. The molecule has 2 aliphatic rings. The Morgan fingerprint density at radius 2 is 1.06 bits per heavy atom. The summed E-state index contributed by atoms with van der Waals surface area (Å²) in [6.07, 6.45) is 23.0. The molecule has 0 radical (unpaired) electrons. The third-order valence-electron chi connectivity index (χ3n) is 10.7. The van der Waals surface area contributed by atoms with Gasteiger partial charge in [0.1, 0.15) is 11.6 Å². The zero-order valence-electron chi connectivity index (χ0n) is 28.7. The van der Waals surface area contributed by atoms with Crippen LogP contribution >= 0.6 is 0 Å². The normalized spacial score (nSPS) is 22.1. The van der Waals surface area contributed by atoms with Crippen LogP contribution in [0.5, 0.6) is 0 Å². The Labute approximate surface area is 282 Å². The van der Waals surface area contributed by atoms with E-state index in [0.29, 0.717) is 35.5 Å². The van der Waals surface area contributed by atoms with E-state index in [-0.39, 0.29) is 23.5 Å². The Hall–Kier alpha value is -3.28. The van der Waals surface area contributed by atoms with Crippen molar-refractivity contribution in [3.05, 3.63) is 82.4 Å². The number of ether oxygens (including phenoxy) is 1. The van der Waals surface area contributed by atoms with Gasteiger partial charge in [-0.05, 0) is 110 Å². The van der Waals surface area contributed by atoms with E-state index in [1.807, 2.05) is 24.3 Å². The molecular weight excluding hydrogens is 586 g/mol. The fourth-order valence-corrected chi connectivity index (χ4v) is 7.89. The number of nitrogens with zero attached hydrogens (tertiary/aromatic N) is 2. The average Bonchev–Trinajstić information content (AvgIpc) is 3.09. The van der Waals surface area contributed by atoms with Crippen LogP contribution in [0.4, 0.5) is 8.78 Å². The maximum Gasteiger partial charge on any atom is 0.132 e. The largest absolute Gasteiger partial charge is 0.373 e. The summed E-state index contributed by atoms with van der Waals surface area (Å²) in [5.74, 6) is 1.30. The van der Waals surface area contributed by atoms with Crippen LogP contribution in [0, 0.1) is 58.0 Å². The van der Waals surface area contributed by atoms with E-state index in [0.717, 1.165) is 74.3 Å². The molecule has 3 nitrogen and oxygen atoms in total. The molecule has 0 N–H and O–H groups in total. The second-order valence-corrected chi connectivity index (χ2v) is 13.9.